The maximum absolute atomic E-state index is 6.10. The van der Waals surface area contributed by atoms with Crippen LogP contribution in [0.25, 0.3) is 0 Å². The van der Waals surface area contributed by atoms with Gasteiger partial charge >= 0.3 is 0 Å². The van der Waals surface area contributed by atoms with Gasteiger partial charge in [-0.05, 0) is 57.4 Å². The molecule has 22 heavy (non-hydrogen) atoms. The Labute approximate surface area is 140 Å². The predicted molar refractivity (Wildman–Crippen MR) is 94.7 cm³/mol. The van der Waals surface area contributed by atoms with Crippen molar-refractivity contribution in [2.45, 2.75) is 46.5 Å². The number of hydrogen-bond acceptors (Lipinski definition) is 3. The molecule has 1 aliphatic carbocycles. The van der Waals surface area contributed by atoms with E-state index in [0.717, 1.165) is 24.4 Å². The maximum Gasteiger partial charge on any atom is 0.232 e. The van der Waals surface area contributed by atoms with Gasteiger partial charge in [0.05, 0.1) is 6.61 Å². The van der Waals surface area contributed by atoms with Gasteiger partial charge in [-0.1, -0.05) is 31.0 Å². The van der Waals surface area contributed by atoms with Crippen molar-refractivity contribution in [2.24, 2.45) is 5.92 Å². The van der Waals surface area contributed by atoms with Gasteiger partial charge < -0.3 is 9.64 Å². The molecule has 0 spiro atoms. The molecule has 124 valence electrons. The molecule has 0 saturated heterocycles. The lowest BCUT2D eigenvalue weighted by Crippen LogP contribution is -2.09. The standard InChI is InChI=1S/C13H18ClNO.C5H11N/c1-9-7-12(14)13(15-10(9)2)16-8-11-5-3-4-6-11;1-4-6(3)5-2/h7,11H,3-6,8H2,1-2H3;4H,1,5H2,2-3H3. The third kappa shape index (κ3) is 6.27. The number of halogens is 1. The summed E-state index contributed by atoms with van der Waals surface area (Å²) in [6.07, 6.45) is 7.04. The summed E-state index contributed by atoms with van der Waals surface area (Å²) in [6, 6.07) is 1.92. The number of aryl methyl sites for hydroxylation is 2. The molecule has 1 fully saturated rings. The van der Waals surface area contributed by atoms with Crippen molar-refractivity contribution >= 4 is 11.6 Å². The third-order valence-electron chi connectivity index (χ3n) is 4.13. The van der Waals surface area contributed by atoms with Crippen molar-refractivity contribution in [1.29, 1.82) is 0 Å². The molecule has 4 heteroatoms. The van der Waals surface area contributed by atoms with E-state index >= 15 is 0 Å². The minimum Gasteiger partial charge on any atom is -0.476 e. The van der Waals surface area contributed by atoms with E-state index in [4.69, 9.17) is 16.3 Å². The molecule has 1 saturated carbocycles. The monoisotopic (exact) mass is 324 g/mol. The molecule has 1 aromatic rings. The molecule has 0 bridgehead atoms. The second kappa shape index (κ2) is 9.73. The van der Waals surface area contributed by atoms with Crippen molar-refractivity contribution in [3.8, 4) is 5.88 Å². The molecule has 0 unspecified atom stereocenters. The van der Waals surface area contributed by atoms with E-state index in [0.29, 0.717) is 16.8 Å². The summed E-state index contributed by atoms with van der Waals surface area (Å²) >= 11 is 6.10. The molecular weight excluding hydrogens is 296 g/mol. The number of ether oxygens (including phenoxy) is 1. The molecule has 2 rings (SSSR count). The van der Waals surface area contributed by atoms with Crippen LogP contribution in [-0.4, -0.2) is 30.1 Å². The van der Waals surface area contributed by atoms with Crippen LogP contribution < -0.4 is 4.74 Å². The summed E-state index contributed by atoms with van der Waals surface area (Å²) in [7, 11) is 1.99. The quantitative estimate of drug-likeness (QED) is 0.762. The highest BCUT2D eigenvalue weighted by Crippen LogP contribution is 2.28. The molecule has 1 heterocycles. The van der Waals surface area contributed by atoms with Crippen molar-refractivity contribution in [1.82, 2.24) is 9.88 Å². The predicted octanol–water partition coefficient (Wildman–Crippen LogP) is 5.00. The first-order chi connectivity index (χ1) is 10.5. The Morgan fingerprint density at radius 2 is 2.05 bits per heavy atom. The molecule has 3 nitrogen and oxygen atoms in total. The summed E-state index contributed by atoms with van der Waals surface area (Å²) in [5.41, 5.74) is 2.10. The molecule has 1 aliphatic rings. The van der Waals surface area contributed by atoms with E-state index in [-0.39, 0.29) is 0 Å². The Bertz CT molecular complexity index is 470. The maximum atomic E-state index is 6.10. The van der Waals surface area contributed by atoms with Crippen molar-refractivity contribution in [2.75, 3.05) is 20.2 Å². The Kier molecular flexibility index (Phi) is 8.32. The number of pyridine rings is 1. The molecule has 0 atom stereocenters. The first-order valence-electron chi connectivity index (χ1n) is 8.07. The first-order valence-corrected chi connectivity index (χ1v) is 8.45. The molecule has 0 aromatic carbocycles. The molecule has 0 aliphatic heterocycles. The van der Waals surface area contributed by atoms with Gasteiger partial charge in [-0.2, -0.15) is 0 Å². The Balaban J connectivity index is 0.000000346. The van der Waals surface area contributed by atoms with Crippen LogP contribution in [0.4, 0.5) is 0 Å². The van der Waals surface area contributed by atoms with Gasteiger partial charge in [-0.25, -0.2) is 4.98 Å². The Hall–Kier alpha value is -1.22. The number of nitrogens with zero attached hydrogens (tertiary/aromatic N) is 2. The second-order valence-corrected chi connectivity index (χ2v) is 6.30. The van der Waals surface area contributed by atoms with Gasteiger partial charge in [-0.15, -0.1) is 0 Å². The van der Waals surface area contributed by atoms with Crippen LogP contribution in [0, 0.1) is 19.8 Å². The lowest BCUT2D eigenvalue weighted by molar-refractivity contribution is 0.243. The van der Waals surface area contributed by atoms with Crippen molar-refractivity contribution in [3.63, 3.8) is 0 Å². The second-order valence-electron chi connectivity index (χ2n) is 5.89. The number of rotatable bonds is 5. The highest BCUT2D eigenvalue weighted by Gasteiger charge is 2.16. The third-order valence-corrected chi connectivity index (χ3v) is 4.40. The van der Waals surface area contributed by atoms with E-state index < -0.39 is 0 Å². The van der Waals surface area contributed by atoms with Crippen LogP contribution in [0.2, 0.25) is 5.02 Å². The van der Waals surface area contributed by atoms with Crippen LogP contribution in [0.1, 0.15) is 43.9 Å². The summed E-state index contributed by atoms with van der Waals surface area (Å²) in [5.74, 6) is 1.29. The van der Waals surface area contributed by atoms with E-state index in [1.807, 2.05) is 31.9 Å². The topological polar surface area (TPSA) is 25.4 Å². The highest BCUT2D eigenvalue weighted by atomic mass is 35.5. The molecule has 1 aromatic heterocycles. The lowest BCUT2D eigenvalue weighted by Gasteiger charge is -2.12. The fourth-order valence-electron chi connectivity index (χ4n) is 2.25. The van der Waals surface area contributed by atoms with Gasteiger partial charge in [0, 0.05) is 19.3 Å². The normalized spacial score (nSPS) is 14.2. The smallest absolute Gasteiger partial charge is 0.232 e. The van der Waals surface area contributed by atoms with E-state index in [9.17, 15) is 0 Å². The zero-order chi connectivity index (χ0) is 16.5. The molecular formula is C18H29ClN2O. The van der Waals surface area contributed by atoms with Crippen LogP contribution in [0.15, 0.2) is 18.8 Å². The average Bonchev–Trinajstić information content (AvgIpc) is 3.02. The first kappa shape index (κ1) is 18.8. The van der Waals surface area contributed by atoms with Crippen molar-refractivity contribution in [3.05, 3.63) is 35.1 Å². The zero-order valence-corrected chi connectivity index (χ0v) is 15.1. The fraction of sp³-hybridized carbons (Fsp3) is 0.611. The van der Waals surface area contributed by atoms with Crippen LogP contribution in [0.5, 0.6) is 5.88 Å². The molecule has 0 radical (unpaired) electrons. The van der Waals surface area contributed by atoms with Gasteiger partial charge in [0.15, 0.2) is 0 Å². The van der Waals surface area contributed by atoms with Crippen LogP contribution in [-0.2, 0) is 0 Å². The van der Waals surface area contributed by atoms with Gasteiger partial charge in [0.25, 0.3) is 0 Å². The van der Waals surface area contributed by atoms with E-state index in [1.54, 1.807) is 6.20 Å². The van der Waals surface area contributed by atoms with Crippen molar-refractivity contribution < 1.29 is 4.74 Å². The SMILES string of the molecule is C=CN(C)CC.Cc1cc(Cl)c(OCC2CCCC2)nc1C. The minimum absolute atomic E-state index is 0.594. The van der Waals surface area contributed by atoms with Gasteiger partial charge in [-0.3, -0.25) is 0 Å². The lowest BCUT2D eigenvalue weighted by atomic mass is 10.1. The average molecular weight is 325 g/mol. The summed E-state index contributed by atoms with van der Waals surface area (Å²) in [5, 5.41) is 0.626. The fourth-order valence-corrected chi connectivity index (χ4v) is 2.51. The Morgan fingerprint density at radius 1 is 1.41 bits per heavy atom. The number of hydrogen-bond donors (Lipinski definition) is 0. The largest absolute Gasteiger partial charge is 0.476 e. The zero-order valence-electron chi connectivity index (χ0n) is 14.4. The van der Waals surface area contributed by atoms with Gasteiger partial charge in [0.1, 0.15) is 5.02 Å². The minimum atomic E-state index is 0.594. The Morgan fingerprint density at radius 3 is 2.55 bits per heavy atom. The molecule has 0 amide bonds. The van der Waals surface area contributed by atoms with E-state index in [1.165, 1.54) is 25.7 Å². The van der Waals surface area contributed by atoms with Crippen LogP contribution >= 0.6 is 11.6 Å². The van der Waals surface area contributed by atoms with Crippen LogP contribution in [0.3, 0.4) is 0 Å². The summed E-state index contributed by atoms with van der Waals surface area (Å²) in [6.45, 7) is 11.4. The number of aromatic nitrogens is 1. The summed E-state index contributed by atoms with van der Waals surface area (Å²) < 4.78 is 5.71. The summed E-state index contributed by atoms with van der Waals surface area (Å²) in [4.78, 5) is 6.39. The highest BCUT2D eigenvalue weighted by molar-refractivity contribution is 6.31. The van der Waals surface area contributed by atoms with Gasteiger partial charge in [0.2, 0.25) is 5.88 Å². The van der Waals surface area contributed by atoms with E-state index in [2.05, 4.69) is 18.5 Å². The molecule has 0 N–H and O–H groups in total.